The number of hydrogen-bond acceptors (Lipinski definition) is 3. The van der Waals surface area contributed by atoms with E-state index in [1.165, 1.54) is 0 Å². The van der Waals surface area contributed by atoms with Gasteiger partial charge in [-0.2, -0.15) is 5.26 Å². The monoisotopic (exact) mass is 225 g/mol. The maximum atomic E-state index is 8.99. The smallest absolute Gasteiger partial charge is 0.101 e. The standard InChI is InChI=1S/C14H15N3/c1-4-13(17-5-2)9-11-6-7-14(16-3)12(8-11)10-15/h4-8H,3,9H2,1-2H3/b13-4-,17-5?. The Morgan fingerprint density at radius 1 is 1.47 bits per heavy atom. The summed E-state index contributed by atoms with van der Waals surface area (Å²) in [5, 5.41) is 8.99. The van der Waals surface area contributed by atoms with Gasteiger partial charge in [0.05, 0.1) is 11.3 Å². The molecule has 1 aromatic carbocycles. The van der Waals surface area contributed by atoms with Crippen LogP contribution in [0.25, 0.3) is 0 Å². The minimum absolute atomic E-state index is 0.549. The second kappa shape index (κ2) is 6.39. The number of aliphatic imine (C=N–C) groups is 2. The van der Waals surface area contributed by atoms with E-state index in [4.69, 9.17) is 5.26 Å². The first-order chi connectivity index (χ1) is 8.24. The van der Waals surface area contributed by atoms with E-state index in [0.717, 1.165) is 11.3 Å². The van der Waals surface area contributed by atoms with Crippen LogP contribution in [0.15, 0.2) is 40.0 Å². The lowest BCUT2D eigenvalue weighted by molar-refractivity contribution is 1.10. The van der Waals surface area contributed by atoms with Crippen molar-refractivity contribution >= 4 is 18.6 Å². The Balaban J connectivity index is 3.02. The molecule has 86 valence electrons. The van der Waals surface area contributed by atoms with Gasteiger partial charge in [0.25, 0.3) is 0 Å². The highest BCUT2D eigenvalue weighted by atomic mass is 14.7. The maximum Gasteiger partial charge on any atom is 0.101 e. The number of rotatable bonds is 4. The van der Waals surface area contributed by atoms with Crippen LogP contribution in [0, 0.1) is 11.3 Å². The molecule has 0 saturated carbocycles. The summed E-state index contributed by atoms with van der Waals surface area (Å²) in [5.41, 5.74) is 3.20. The fraction of sp³-hybridized carbons (Fsp3) is 0.214. The number of nitriles is 1. The van der Waals surface area contributed by atoms with Gasteiger partial charge in [-0.25, -0.2) is 0 Å². The molecule has 0 bridgehead atoms. The van der Waals surface area contributed by atoms with Crippen LogP contribution >= 0.6 is 0 Å². The normalized spacial score (nSPS) is 11.5. The molecule has 0 spiro atoms. The van der Waals surface area contributed by atoms with Crippen LogP contribution in [0.5, 0.6) is 0 Å². The molecule has 0 N–H and O–H groups in total. The first-order valence-corrected chi connectivity index (χ1v) is 5.38. The number of nitrogens with zero attached hydrogens (tertiary/aromatic N) is 3. The Morgan fingerprint density at radius 3 is 2.76 bits per heavy atom. The van der Waals surface area contributed by atoms with Gasteiger partial charge in [-0.1, -0.05) is 12.1 Å². The molecule has 0 aliphatic carbocycles. The van der Waals surface area contributed by atoms with Gasteiger partial charge >= 0.3 is 0 Å². The van der Waals surface area contributed by atoms with Gasteiger partial charge in [0.1, 0.15) is 6.07 Å². The molecule has 0 unspecified atom stereocenters. The van der Waals surface area contributed by atoms with E-state index in [9.17, 15) is 0 Å². The molecule has 0 aliphatic rings. The first-order valence-electron chi connectivity index (χ1n) is 5.38. The van der Waals surface area contributed by atoms with Gasteiger partial charge in [0.2, 0.25) is 0 Å². The molecule has 1 aromatic rings. The molecule has 0 fully saturated rings. The Kier molecular flexibility index (Phi) is 4.83. The third-order valence-electron chi connectivity index (χ3n) is 2.37. The lowest BCUT2D eigenvalue weighted by Gasteiger charge is -2.04. The molecule has 0 aliphatic heterocycles. The van der Waals surface area contributed by atoms with E-state index >= 15 is 0 Å². The fourth-order valence-electron chi connectivity index (χ4n) is 1.52. The second-order valence-corrected chi connectivity index (χ2v) is 3.47. The van der Waals surface area contributed by atoms with Crippen LogP contribution in [0.3, 0.4) is 0 Å². The molecule has 1 rings (SSSR count). The summed E-state index contributed by atoms with van der Waals surface area (Å²) in [5.74, 6) is 0. The van der Waals surface area contributed by atoms with Crippen molar-refractivity contribution < 1.29 is 0 Å². The average molecular weight is 225 g/mol. The third kappa shape index (κ3) is 3.39. The summed E-state index contributed by atoms with van der Waals surface area (Å²) >= 11 is 0. The molecule has 0 atom stereocenters. The Labute approximate surface area is 102 Å². The van der Waals surface area contributed by atoms with Crippen molar-refractivity contribution in [3.63, 3.8) is 0 Å². The first kappa shape index (κ1) is 12.9. The summed E-state index contributed by atoms with van der Waals surface area (Å²) in [6.07, 6.45) is 4.44. The van der Waals surface area contributed by atoms with Crippen molar-refractivity contribution in [1.29, 1.82) is 5.26 Å². The minimum atomic E-state index is 0.549. The number of benzene rings is 1. The number of allylic oxidation sites excluding steroid dienone is 2. The molecular formula is C14H15N3. The van der Waals surface area contributed by atoms with Crippen LogP contribution in [0.1, 0.15) is 25.0 Å². The van der Waals surface area contributed by atoms with Crippen molar-refractivity contribution in [2.24, 2.45) is 9.98 Å². The second-order valence-electron chi connectivity index (χ2n) is 3.47. The molecule has 0 radical (unpaired) electrons. The van der Waals surface area contributed by atoms with Gasteiger partial charge in [-0.15, -0.1) is 0 Å². The lowest BCUT2D eigenvalue weighted by atomic mass is 10.1. The predicted octanol–water partition coefficient (Wildman–Crippen LogP) is 3.43. The highest BCUT2D eigenvalue weighted by Gasteiger charge is 2.03. The zero-order chi connectivity index (χ0) is 12.7. The Bertz CT molecular complexity index is 505. The summed E-state index contributed by atoms with van der Waals surface area (Å²) in [6, 6.07) is 7.70. The zero-order valence-corrected chi connectivity index (χ0v) is 10.1. The SMILES string of the molecule is C=Nc1ccc(C/C(=C/C)N=CC)cc1C#N. The van der Waals surface area contributed by atoms with Crippen LogP contribution < -0.4 is 0 Å². The Hall–Kier alpha value is -2.21. The molecule has 3 nitrogen and oxygen atoms in total. The van der Waals surface area contributed by atoms with Gasteiger partial charge in [0.15, 0.2) is 0 Å². The van der Waals surface area contributed by atoms with Crippen LogP contribution in [-0.4, -0.2) is 12.9 Å². The van der Waals surface area contributed by atoms with Crippen LogP contribution in [0.4, 0.5) is 5.69 Å². The summed E-state index contributed by atoms with van der Waals surface area (Å²) in [4.78, 5) is 8.05. The van der Waals surface area contributed by atoms with E-state index in [2.05, 4.69) is 22.8 Å². The van der Waals surface area contributed by atoms with Crippen molar-refractivity contribution in [2.45, 2.75) is 20.3 Å². The van der Waals surface area contributed by atoms with Gasteiger partial charge in [-0.3, -0.25) is 9.98 Å². The van der Waals surface area contributed by atoms with Gasteiger partial charge < -0.3 is 0 Å². The predicted molar refractivity (Wildman–Crippen MR) is 72.0 cm³/mol. The van der Waals surface area contributed by atoms with E-state index in [1.54, 1.807) is 6.21 Å². The maximum absolute atomic E-state index is 8.99. The van der Waals surface area contributed by atoms with Crippen molar-refractivity contribution in [2.75, 3.05) is 0 Å². The van der Waals surface area contributed by atoms with Crippen molar-refractivity contribution in [1.82, 2.24) is 0 Å². The summed E-state index contributed by atoms with van der Waals surface area (Å²) in [7, 11) is 0. The van der Waals surface area contributed by atoms with Crippen molar-refractivity contribution in [3.05, 3.63) is 41.1 Å². The van der Waals surface area contributed by atoms with E-state index < -0.39 is 0 Å². The molecule has 17 heavy (non-hydrogen) atoms. The van der Waals surface area contributed by atoms with Gasteiger partial charge in [0, 0.05) is 18.3 Å². The van der Waals surface area contributed by atoms with Crippen LogP contribution in [-0.2, 0) is 6.42 Å². The molecular weight excluding hydrogens is 210 g/mol. The minimum Gasteiger partial charge on any atom is -0.266 e. The molecule has 0 heterocycles. The highest BCUT2D eigenvalue weighted by molar-refractivity contribution is 5.59. The molecule has 0 aromatic heterocycles. The van der Waals surface area contributed by atoms with E-state index in [1.807, 2.05) is 38.1 Å². The topological polar surface area (TPSA) is 48.5 Å². The van der Waals surface area contributed by atoms with Gasteiger partial charge in [-0.05, 0) is 38.3 Å². The molecule has 0 amide bonds. The summed E-state index contributed by atoms with van der Waals surface area (Å²) < 4.78 is 0. The van der Waals surface area contributed by atoms with E-state index in [0.29, 0.717) is 17.7 Å². The molecule has 0 saturated heterocycles. The van der Waals surface area contributed by atoms with E-state index in [-0.39, 0.29) is 0 Å². The zero-order valence-electron chi connectivity index (χ0n) is 10.1. The largest absolute Gasteiger partial charge is 0.266 e. The van der Waals surface area contributed by atoms with Crippen molar-refractivity contribution in [3.8, 4) is 6.07 Å². The fourth-order valence-corrected chi connectivity index (χ4v) is 1.52. The number of hydrogen-bond donors (Lipinski definition) is 0. The molecule has 3 heteroatoms. The summed E-state index contributed by atoms with van der Waals surface area (Å²) in [6.45, 7) is 7.28. The highest BCUT2D eigenvalue weighted by Crippen LogP contribution is 2.21. The lowest BCUT2D eigenvalue weighted by Crippen LogP contribution is -1.90. The third-order valence-corrected chi connectivity index (χ3v) is 2.37. The Morgan fingerprint density at radius 2 is 2.24 bits per heavy atom. The quantitative estimate of drug-likeness (QED) is 0.724. The average Bonchev–Trinajstić information content (AvgIpc) is 2.38. The van der Waals surface area contributed by atoms with Crippen LogP contribution in [0.2, 0.25) is 0 Å².